The van der Waals surface area contributed by atoms with Crippen LogP contribution in [0.1, 0.15) is 31.0 Å². The molecule has 0 radical (unpaired) electrons. The van der Waals surface area contributed by atoms with E-state index in [9.17, 15) is 4.79 Å². The van der Waals surface area contributed by atoms with Crippen molar-refractivity contribution in [2.24, 2.45) is 0 Å². The van der Waals surface area contributed by atoms with Crippen molar-refractivity contribution in [3.63, 3.8) is 0 Å². The Labute approximate surface area is 123 Å². The van der Waals surface area contributed by atoms with Crippen LogP contribution in [-0.2, 0) is 4.74 Å². The number of thiocarbonyl (C=S) groups is 1. The molecule has 0 fully saturated rings. The van der Waals surface area contributed by atoms with Crippen molar-refractivity contribution in [1.82, 2.24) is 9.78 Å². The van der Waals surface area contributed by atoms with Crippen molar-refractivity contribution in [2.45, 2.75) is 26.7 Å². The van der Waals surface area contributed by atoms with Crippen molar-refractivity contribution in [1.29, 1.82) is 0 Å². The number of aromatic amines is 1. The number of aromatic nitrogens is 2. The Bertz CT molecular complexity index is 644. The molecule has 0 aliphatic rings. The number of unbranched alkanes of at least 4 members (excludes halogenated alkanes) is 1. The molecule has 0 atom stereocenters. The van der Waals surface area contributed by atoms with Crippen LogP contribution in [0.5, 0.6) is 0 Å². The molecule has 2 aromatic rings. The van der Waals surface area contributed by atoms with Crippen molar-refractivity contribution >= 4 is 17.3 Å². The zero-order chi connectivity index (χ0) is 14.5. The summed E-state index contributed by atoms with van der Waals surface area (Å²) in [4.78, 5) is 12.4. The van der Waals surface area contributed by atoms with Gasteiger partial charge in [0.15, 0.2) is 5.05 Å². The number of hydrogen-bond donors (Lipinski definition) is 1. The highest BCUT2D eigenvalue weighted by atomic mass is 32.1. The third-order valence-electron chi connectivity index (χ3n) is 3.02. The summed E-state index contributed by atoms with van der Waals surface area (Å²) >= 11 is 5.22. The van der Waals surface area contributed by atoms with Crippen molar-refractivity contribution in [3.8, 4) is 5.69 Å². The maximum absolute atomic E-state index is 12.4. The van der Waals surface area contributed by atoms with E-state index in [1.54, 1.807) is 0 Å². The number of para-hydroxylation sites is 1. The van der Waals surface area contributed by atoms with Gasteiger partial charge in [-0.2, -0.15) is 0 Å². The molecule has 0 amide bonds. The lowest BCUT2D eigenvalue weighted by atomic mass is 10.2. The number of nitrogens with one attached hydrogen (secondary N) is 1. The van der Waals surface area contributed by atoms with Crippen LogP contribution in [0.25, 0.3) is 5.69 Å². The Kier molecular flexibility index (Phi) is 4.74. The molecule has 1 heterocycles. The lowest BCUT2D eigenvalue weighted by Gasteiger charge is -2.04. The second-order valence-electron chi connectivity index (χ2n) is 4.58. The van der Waals surface area contributed by atoms with Crippen LogP contribution in [0.4, 0.5) is 0 Å². The number of ether oxygens (including phenoxy) is 1. The van der Waals surface area contributed by atoms with E-state index in [4.69, 9.17) is 17.0 Å². The fourth-order valence-corrected chi connectivity index (χ4v) is 2.25. The van der Waals surface area contributed by atoms with Gasteiger partial charge in [-0.1, -0.05) is 31.5 Å². The summed E-state index contributed by atoms with van der Waals surface area (Å²) in [6.07, 6.45) is 1.96. The minimum absolute atomic E-state index is 0.171. The van der Waals surface area contributed by atoms with E-state index < -0.39 is 0 Å². The minimum Gasteiger partial charge on any atom is -0.483 e. The Morgan fingerprint density at radius 3 is 2.70 bits per heavy atom. The van der Waals surface area contributed by atoms with Gasteiger partial charge in [-0.25, -0.2) is 4.68 Å². The van der Waals surface area contributed by atoms with Gasteiger partial charge in [0.25, 0.3) is 5.56 Å². The van der Waals surface area contributed by atoms with Crippen LogP contribution in [0.15, 0.2) is 35.1 Å². The van der Waals surface area contributed by atoms with Crippen LogP contribution in [-0.4, -0.2) is 21.4 Å². The maximum atomic E-state index is 12.4. The van der Waals surface area contributed by atoms with Gasteiger partial charge in [0, 0.05) is 5.69 Å². The summed E-state index contributed by atoms with van der Waals surface area (Å²) in [6, 6.07) is 9.40. The van der Waals surface area contributed by atoms with Gasteiger partial charge in [0.2, 0.25) is 0 Å². The van der Waals surface area contributed by atoms with E-state index in [0.29, 0.717) is 12.2 Å². The molecule has 0 aliphatic carbocycles. The van der Waals surface area contributed by atoms with E-state index >= 15 is 0 Å². The standard InChI is InChI=1S/C15H18N2O2S/c1-3-4-10-19-15(20)13-11(2)16-17(14(13)18)12-8-6-5-7-9-12/h5-9,16H,3-4,10H2,1-2H3. The van der Waals surface area contributed by atoms with Gasteiger partial charge < -0.3 is 4.74 Å². The zero-order valence-electron chi connectivity index (χ0n) is 11.7. The minimum atomic E-state index is -0.171. The molecule has 20 heavy (non-hydrogen) atoms. The lowest BCUT2D eigenvalue weighted by Crippen LogP contribution is -2.21. The molecule has 1 aromatic heterocycles. The van der Waals surface area contributed by atoms with E-state index in [1.807, 2.05) is 37.3 Å². The second-order valence-corrected chi connectivity index (χ2v) is 4.95. The van der Waals surface area contributed by atoms with E-state index in [0.717, 1.165) is 24.2 Å². The average molecular weight is 290 g/mol. The quantitative estimate of drug-likeness (QED) is 0.680. The van der Waals surface area contributed by atoms with Crippen LogP contribution >= 0.6 is 12.2 Å². The zero-order valence-corrected chi connectivity index (χ0v) is 12.5. The van der Waals surface area contributed by atoms with Crippen molar-refractivity contribution in [2.75, 3.05) is 6.61 Å². The molecule has 0 bridgehead atoms. The van der Waals surface area contributed by atoms with Crippen molar-refractivity contribution < 1.29 is 4.74 Å². The molecule has 106 valence electrons. The lowest BCUT2D eigenvalue weighted by molar-refractivity contribution is 0.305. The van der Waals surface area contributed by atoms with Gasteiger partial charge >= 0.3 is 0 Å². The summed E-state index contributed by atoms with van der Waals surface area (Å²) in [5.74, 6) is 0. The highest BCUT2D eigenvalue weighted by Crippen LogP contribution is 2.09. The molecule has 1 aromatic carbocycles. The highest BCUT2D eigenvalue weighted by molar-refractivity contribution is 7.80. The van der Waals surface area contributed by atoms with Crippen LogP contribution in [0.3, 0.4) is 0 Å². The van der Waals surface area contributed by atoms with Gasteiger partial charge in [0.05, 0.1) is 12.3 Å². The number of benzene rings is 1. The molecule has 1 N–H and O–H groups in total. The number of H-pyrrole nitrogens is 1. The first-order valence-corrected chi connectivity index (χ1v) is 7.10. The summed E-state index contributed by atoms with van der Waals surface area (Å²) in [5, 5.41) is 3.31. The van der Waals surface area contributed by atoms with E-state index in [-0.39, 0.29) is 10.6 Å². The topological polar surface area (TPSA) is 47.0 Å². The molecule has 5 heteroatoms. The summed E-state index contributed by atoms with van der Waals surface area (Å²) in [7, 11) is 0. The normalized spacial score (nSPS) is 10.5. The Morgan fingerprint density at radius 2 is 2.05 bits per heavy atom. The molecule has 0 saturated heterocycles. The molecular weight excluding hydrogens is 272 g/mol. The summed E-state index contributed by atoms with van der Waals surface area (Å²) < 4.78 is 6.96. The Hall–Kier alpha value is -1.88. The van der Waals surface area contributed by atoms with Crippen LogP contribution < -0.4 is 5.56 Å². The number of aryl methyl sites for hydroxylation is 1. The SMILES string of the molecule is CCCCOC(=S)c1c(C)[nH]n(-c2ccccc2)c1=O. The molecule has 0 spiro atoms. The predicted octanol–water partition coefficient (Wildman–Crippen LogP) is 2.97. The van der Waals surface area contributed by atoms with Gasteiger partial charge in [-0.3, -0.25) is 9.89 Å². The van der Waals surface area contributed by atoms with Crippen LogP contribution in [0, 0.1) is 6.92 Å². The van der Waals surface area contributed by atoms with Gasteiger partial charge in [-0.05, 0) is 37.7 Å². The second kappa shape index (κ2) is 6.52. The molecule has 0 unspecified atom stereocenters. The molecular formula is C15H18N2O2S. The monoisotopic (exact) mass is 290 g/mol. The summed E-state index contributed by atoms with van der Waals surface area (Å²) in [6.45, 7) is 4.45. The average Bonchev–Trinajstić information content (AvgIpc) is 2.75. The fourth-order valence-electron chi connectivity index (χ4n) is 1.93. The third kappa shape index (κ3) is 2.99. The number of hydrogen-bond acceptors (Lipinski definition) is 3. The van der Waals surface area contributed by atoms with Crippen LogP contribution in [0.2, 0.25) is 0 Å². The first-order valence-electron chi connectivity index (χ1n) is 6.69. The first kappa shape index (κ1) is 14.5. The predicted molar refractivity (Wildman–Crippen MR) is 83.7 cm³/mol. The fraction of sp³-hybridized carbons (Fsp3) is 0.333. The smallest absolute Gasteiger partial charge is 0.283 e. The highest BCUT2D eigenvalue weighted by Gasteiger charge is 2.17. The van der Waals surface area contributed by atoms with Crippen molar-refractivity contribution in [3.05, 3.63) is 51.9 Å². The largest absolute Gasteiger partial charge is 0.483 e. The molecule has 0 aliphatic heterocycles. The number of rotatable bonds is 5. The molecule has 0 saturated carbocycles. The molecule has 4 nitrogen and oxygen atoms in total. The Balaban J connectivity index is 2.30. The van der Waals surface area contributed by atoms with Gasteiger partial charge in [-0.15, -0.1) is 0 Å². The third-order valence-corrected chi connectivity index (χ3v) is 3.34. The molecule has 2 rings (SSSR count). The first-order chi connectivity index (χ1) is 9.65. The van der Waals surface area contributed by atoms with E-state index in [2.05, 4.69) is 12.0 Å². The maximum Gasteiger partial charge on any atom is 0.283 e. The Morgan fingerprint density at radius 1 is 1.35 bits per heavy atom. The summed E-state index contributed by atoms with van der Waals surface area (Å²) in [5.41, 5.74) is 1.78. The van der Waals surface area contributed by atoms with Gasteiger partial charge in [0.1, 0.15) is 5.56 Å². The van der Waals surface area contributed by atoms with E-state index in [1.165, 1.54) is 4.68 Å². The number of nitrogens with zero attached hydrogens (tertiary/aromatic N) is 1.